The molecule has 0 saturated heterocycles. The molecule has 126 valence electrons. The van der Waals surface area contributed by atoms with Crippen LogP contribution in [0.4, 0.5) is 17.6 Å². The molecule has 0 amide bonds. The van der Waals surface area contributed by atoms with E-state index in [2.05, 4.69) is 0 Å². The van der Waals surface area contributed by atoms with Crippen LogP contribution in [0.1, 0.15) is 31.9 Å². The van der Waals surface area contributed by atoms with Gasteiger partial charge in [-0.3, -0.25) is 4.79 Å². The predicted octanol–water partition coefficient (Wildman–Crippen LogP) is 4.44. The Kier molecular flexibility index (Phi) is 4.55. The molecule has 0 spiro atoms. The zero-order valence-corrected chi connectivity index (χ0v) is 13.3. The normalized spacial score (nSPS) is 22.4. The van der Waals surface area contributed by atoms with E-state index in [4.69, 9.17) is 4.74 Å². The number of carbonyl (C=O) groups is 1. The average molecular weight is 330 g/mol. The SMILES string of the molecule is C/C=C/[C@@H]1[C@H](C(=O)OCc2c(F)c(F)c(C)c(F)c2F)C1(C)C. The van der Waals surface area contributed by atoms with Crippen LogP contribution in [0, 0.1) is 47.4 Å². The van der Waals surface area contributed by atoms with Crippen molar-refractivity contribution in [2.45, 2.75) is 34.3 Å². The molecule has 23 heavy (non-hydrogen) atoms. The molecule has 0 unspecified atom stereocenters. The smallest absolute Gasteiger partial charge is 0.310 e. The number of hydrogen-bond acceptors (Lipinski definition) is 2. The van der Waals surface area contributed by atoms with E-state index in [1.165, 1.54) is 0 Å². The number of carbonyl (C=O) groups excluding carboxylic acids is 1. The van der Waals surface area contributed by atoms with E-state index in [9.17, 15) is 22.4 Å². The van der Waals surface area contributed by atoms with E-state index >= 15 is 0 Å². The zero-order valence-electron chi connectivity index (χ0n) is 13.3. The maximum atomic E-state index is 13.7. The van der Waals surface area contributed by atoms with E-state index in [-0.39, 0.29) is 11.3 Å². The fraction of sp³-hybridized carbons (Fsp3) is 0.471. The Balaban J connectivity index is 2.15. The number of esters is 1. The minimum Gasteiger partial charge on any atom is -0.460 e. The lowest BCUT2D eigenvalue weighted by Crippen LogP contribution is -2.14. The van der Waals surface area contributed by atoms with E-state index < -0.39 is 52.9 Å². The monoisotopic (exact) mass is 330 g/mol. The summed E-state index contributed by atoms with van der Waals surface area (Å²) in [7, 11) is 0. The number of benzene rings is 1. The van der Waals surface area contributed by atoms with Crippen LogP contribution in [0.25, 0.3) is 0 Å². The van der Waals surface area contributed by atoms with Crippen molar-refractivity contribution in [1.29, 1.82) is 0 Å². The lowest BCUT2D eigenvalue weighted by atomic mass is 10.1. The van der Waals surface area contributed by atoms with Gasteiger partial charge in [-0.15, -0.1) is 0 Å². The Morgan fingerprint density at radius 3 is 2.13 bits per heavy atom. The molecular weight excluding hydrogens is 312 g/mol. The second-order valence-electron chi connectivity index (χ2n) is 6.32. The molecule has 2 nitrogen and oxygen atoms in total. The molecule has 1 aliphatic carbocycles. The van der Waals surface area contributed by atoms with Gasteiger partial charge in [-0.05, 0) is 25.2 Å². The first-order chi connectivity index (χ1) is 10.6. The zero-order chi connectivity index (χ0) is 17.5. The predicted molar refractivity (Wildman–Crippen MR) is 76.4 cm³/mol. The lowest BCUT2D eigenvalue weighted by Gasteiger charge is -2.10. The van der Waals surface area contributed by atoms with Crippen molar-refractivity contribution in [2.24, 2.45) is 17.3 Å². The van der Waals surface area contributed by atoms with Gasteiger partial charge in [0.1, 0.15) is 6.61 Å². The fourth-order valence-electron chi connectivity index (χ4n) is 2.84. The van der Waals surface area contributed by atoms with Gasteiger partial charge in [-0.25, -0.2) is 17.6 Å². The third kappa shape index (κ3) is 2.86. The molecule has 1 saturated carbocycles. The Morgan fingerprint density at radius 1 is 1.13 bits per heavy atom. The van der Waals surface area contributed by atoms with Crippen molar-refractivity contribution in [3.05, 3.63) is 46.5 Å². The van der Waals surface area contributed by atoms with Gasteiger partial charge >= 0.3 is 5.97 Å². The molecule has 2 atom stereocenters. The highest BCUT2D eigenvalue weighted by Gasteiger charge is 2.61. The summed E-state index contributed by atoms with van der Waals surface area (Å²) in [5.74, 6) is -7.13. The number of hydrogen-bond donors (Lipinski definition) is 0. The standard InChI is InChI=1S/C17H18F4O2/c1-5-6-10-11(17(10,3)4)16(22)23-7-9-14(20)12(18)8(2)13(19)15(9)21/h5-6,10-11H,7H2,1-4H3/b6-5+/t10-,11-/m1/s1. The fourth-order valence-corrected chi connectivity index (χ4v) is 2.84. The van der Waals surface area contributed by atoms with Crippen LogP contribution < -0.4 is 0 Å². The maximum Gasteiger partial charge on any atom is 0.310 e. The van der Waals surface area contributed by atoms with E-state index in [1.807, 2.05) is 32.9 Å². The highest BCUT2D eigenvalue weighted by atomic mass is 19.2. The third-order valence-electron chi connectivity index (χ3n) is 4.50. The van der Waals surface area contributed by atoms with Gasteiger partial charge in [-0.1, -0.05) is 26.0 Å². The summed E-state index contributed by atoms with van der Waals surface area (Å²) in [6, 6.07) is 0. The van der Waals surface area contributed by atoms with Gasteiger partial charge in [-0.2, -0.15) is 0 Å². The summed E-state index contributed by atoms with van der Waals surface area (Å²) in [4.78, 5) is 12.1. The number of ether oxygens (including phenoxy) is 1. The number of halogens is 4. The van der Waals surface area contributed by atoms with E-state index in [0.29, 0.717) is 0 Å². The molecule has 1 aromatic rings. The van der Waals surface area contributed by atoms with Crippen molar-refractivity contribution in [3.63, 3.8) is 0 Å². The highest BCUT2D eigenvalue weighted by molar-refractivity contribution is 5.78. The first-order valence-electron chi connectivity index (χ1n) is 7.25. The summed E-state index contributed by atoms with van der Waals surface area (Å²) in [6.45, 7) is 5.64. The molecule has 0 aromatic heterocycles. The average Bonchev–Trinajstić information content (AvgIpc) is 3.04. The van der Waals surface area contributed by atoms with Gasteiger partial charge in [0.15, 0.2) is 23.3 Å². The molecule has 6 heteroatoms. The largest absolute Gasteiger partial charge is 0.460 e. The van der Waals surface area contributed by atoms with Crippen molar-refractivity contribution in [1.82, 2.24) is 0 Å². The Bertz CT molecular complexity index is 651. The van der Waals surface area contributed by atoms with Crippen molar-refractivity contribution in [3.8, 4) is 0 Å². The highest BCUT2D eigenvalue weighted by Crippen LogP contribution is 2.59. The molecule has 1 fully saturated rings. The Labute approximate surface area is 132 Å². The van der Waals surface area contributed by atoms with Crippen LogP contribution >= 0.6 is 0 Å². The summed E-state index contributed by atoms with van der Waals surface area (Å²) in [5.41, 5.74) is -1.98. The van der Waals surface area contributed by atoms with E-state index in [1.54, 1.807) is 0 Å². The quantitative estimate of drug-likeness (QED) is 0.353. The molecule has 0 aliphatic heterocycles. The van der Waals surface area contributed by atoms with Gasteiger partial charge in [0.25, 0.3) is 0 Å². The van der Waals surface area contributed by atoms with Crippen LogP contribution in [-0.4, -0.2) is 5.97 Å². The Hall–Kier alpha value is -1.85. The van der Waals surface area contributed by atoms with Gasteiger partial charge in [0.2, 0.25) is 0 Å². The van der Waals surface area contributed by atoms with Crippen molar-refractivity contribution in [2.75, 3.05) is 0 Å². The molecule has 0 N–H and O–H groups in total. The summed E-state index contributed by atoms with van der Waals surface area (Å²) < 4.78 is 59.3. The molecule has 0 radical (unpaired) electrons. The molecular formula is C17H18F4O2. The minimum atomic E-state index is -1.53. The minimum absolute atomic E-state index is 0.0267. The molecule has 0 heterocycles. The molecule has 1 aliphatic rings. The molecule has 2 rings (SSSR count). The van der Waals surface area contributed by atoms with Crippen molar-refractivity contribution >= 4 is 5.97 Å². The molecule has 1 aromatic carbocycles. The summed E-state index contributed by atoms with van der Waals surface area (Å²) in [5, 5.41) is 0. The topological polar surface area (TPSA) is 26.3 Å². The van der Waals surface area contributed by atoms with Crippen LogP contribution in [0.5, 0.6) is 0 Å². The first kappa shape index (κ1) is 17.5. The lowest BCUT2D eigenvalue weighted by molar-refractivity contribution is -0.147. The summed E-state index contributed by atoms with van der Waals surface area (Å²) >= 11 is 0. The third-order valence-corrected chi connectivity index (χ3v) is 4.50. The van der Waals surface area contributed by atoms with Crippen molar-refractivity contribution < 1.29 is 27.1 Å². The van der Waals surface area contributed by atoms with Gasteiger partial charge in [0, 0.05) is 5.56 Å². The van der Waals surface area contributed by atoms with Crippen LogP contribution in [0.2, 0.25) is 0 Å². The van der Waals surface area contributed by atoms with Crippen LogP contribution in [0.3, 0.4) is 0 Å². The van der Waals surface area contributed by atoms with E-state index in [0.717, 1.165) is 6.92 Å². The number of rotatable bonds is 4. The molecule has 0 bridgehead atoms. The maximum absolute atomic E-state index is 13.7. The first-order valence-corrected chi connectivity index (χ1v) is 7.25. The van der Waals surface area contributed by atoms with Gasteiger partial charge < -0.3 is 4.74 Å². The van der Waals surface area contributed by atoms with Gasteiger partial charge in [0.05, 0.1) is 11.5 Å². The summed E-state index contributed by atoms with van der Waals surface area (Å²) in [6.07, 6.45) is 3.67. The second kappa shape index (κ2) is 5.98. The number of allylic oxidation sites excluding steroid dienone is 2. The van der Waals surface area contributed by atoms with Crippen LogP contribution in [0.15, 0.2) is 12.2 Å². The Morgan fingerprint density at radius 2 is 1.65 bits per heavy atom. The van der Waals surface area contributed by atoms with Crippen LogP contribution in [-0.2, 0) is 16.1 Å². The second-order valence-corrected chi connectivity index (χ2v) is 6.32.